The van der Waals surface area contributed by atoms with Gasteiger partial charge in [0.15, 0.2) is 0 Å². The van der Waals surface area contributed by atoms with Crippen molar-refractivity contribution in [2.45, 2.75) is 6.54 Å². The molecule has 0 spiro atoms. The predicted octanol–water partition coefficient (Wildman–Crippen LogP) is 5.63. The first kappa shape index (κ1) is 19.6. The predicted molar refractivity (Wildman–Crippen MR) is 130 cm³/mol. The van der Waals surface area contributed by atoms with Gasteiger partial charge in [-0.3, -0.25) is 4.98 Å². The summed E-state index contributed by atoms with van der Waals surface area (Å²) in [6.45, 7) is 0.698. The molecule has 3 aromatic carbocycles. The van der Waals surface area contributed by atoms with Crippen molar-refractivity contribution in [3.63, 3.8) is 0 Å². The van der Waals surface area contributed by atoms with Crippen LogP contribution in [0.4, 0.5) is 5.69 Å². The van der Waals surface area contributed by atoms with Crippen LogP contribution in [0.2, 0.25) is 0 Å². The molecular weight excluding hydrogens is 396 g/mol. The van der Waals surface area contributed by atoms with Gasteiger partial charge in [0.2, 0.25) is 0 Å². The van der Waals surface area contributed by atoms with Gasteiger partial charge in [-0.05, 0) is 54.1 Å². The minimum atomic E-state index is 0.224. The average Bonchev–Trinajstić information content (AvgIpc) is 3.12. The number of rotatable bonds is 5. The summed E-state index contributed by atoms with van der Waals surface area (Å²) in [5.41, 5.74) is 7.33. The fourth-order valence-corrected chi connectivity index (χ4v) is 3.67. The molecule has 5 heteroatoms. The number of fused-ring (bicyclic) bond motifs is 1. The Morgan fingerprint density at radius 1 is 0.875 bits per heavy atom. The largest absolute Gasteiger partial charge is 0.508 e. The molecule has 156 valence electrons. The van der Waals surface area contributed by atoms with E-state index in [1.54, 1.807) is 18.3 Å². The first-order valence-corrected chi connectivity index (χ1v) is 10.5. The van der Waals surface area contributed by atoms with E-state index >= 15 is 0 Å². The van der Waals surface area contributed by atoms with Crippen LogP contribution < -0.4 is 10.6 Å². The van der Waals surface area contributed by atoms with Gasteiger partial charge >= 0.3 is 0 Å². The summed E-state index contributed by atoms with van der Waals surface area (Å²) < 4.78 is 0. The van der Waals surface area contributed by atoms with E-state index in [2.05, 4.69) is 33.8 Å². The summed E-state index contributed by atoms with van der Waals surface area (Å²) in [4.78, 5) is 9.66. The lowest BCUT2D eigenvalue weighted by molar-refractivity contribution is 0.475. The van der Waals surface area contributed by atoms with E-state index in [4.69, 9.17) is 4.98 Å². The summed E-state index contributed by atoms with van der Waals surface area (Å²) in [5.74, 6) is 0.224. The molecule has 5 rings (SSSR count). The van der Waals surface area contributed by atoms with Gasteiger partial charge in [0, 0.05) is 35.3 Å². The van der Waals surface area contributed by atoms with Gasteiger partial charge < -0.3 is 15.7 Å². The van der Waals surface area contributed by atoms with Crippen LogP contribution in [0, 0.1) is 0 Å². The smallest absolute Gasteiger partial charge is 0.115 e. The third kappa shape index (κ3) is 4.09. The first-order valence-electron chi connectivity index (χ1n) is 10.5. The van der Waals surface area contributed by atoms with Crippen LogP contribution in [0.5, 0.6) is 5.75 Å². The monoisotopic (exact) mass is 418 g/mol. The van der Waals surface area contributed by atoms with Crippen molar-refractivity contribution in [1.29, 1.82) is 0 Å². The molecule has 1 aromatic heterocycles. The number of hydrogen-bond donors (Lipinski definition) is 3. The molecule has 0 saturated heterocycles. The van der Waals surface area contributed by atoms with Gasteiger partial charge in [0.25, 0.3) is 0 Å². The van der Waals surface area contributed by atoms with Crippen molar-refractivity contribution in [1.82, 2.24) is 15.3 Å². The number of hydrogen-bond acceptors (Lipinski definition) is 5. The third-order valence-corrected chi connectivity index (χ3v) is 5.29. The van der Waals surface area contributed by atoms with E-state index in [0.29, 0.717) is 6.54 Å². The van der Waals surface area contributed by atoms with E-state index in [1.807, 2.05) is 66.9 Å². The third-order valence-electron chi connectivity index (χ3n) is 5.29. The lowest BCUT2D eigenvalue weighted by atomic mass is 10.0. The number of aromatic hydroxyl groups is 1. The minimum absolute atomic E-state index is 0.224. The summed E-state index contributed by atoms with van der Waals surface area (Å²) >= 11 is 0. The summed E-state index contributed by atoms with van der Waals surface area (Å²) in [7, 11) is 0. The topological polar surface area (TPSA) is 70.1 Å². The minimum Gasteiger partial charge on any atom is -0.508 e. The Kier molecular flexibility index (Phi) is 5.37. The quantitative estimate of drug-likeness (QED) is 0.392. The van der Waals surface area contributed by atoms with Gasteiger partial charge in [-0.15, -0.1) is 0 Å². The Morgan fingerprint density at radius 3 is 2.56 bits per heavy atom. The molecule has 1 aliphatic heterocycles. The molecule has 0 aliphatic carbocycles. The fourth-order valence-electron chi connectivity index (χ4n) is 3.67. The van der Waals surface area contributed by atoms with Gasteiger partial charge in [-0.1, -0.05) is 42.5 Å². The highest BCUT2D eigenvalue weighted by Crippen LogP contribution is 2.32. The average molecular weight is 419 g/mol. The molecule has 0 saturated carbocycles. The molecule has 0 unspecified atom stereocenters. The highest BCUT2D eigenvalue weighted by atomic mass is 16.3. The molecule has 0 atom stereocenters. The lowest BCUT2D eigenvalue weighted by Crippen LogP contribution is -2.09. The second-order valence-corrected chi connectivity index (χ2v) is 7.47. The van der Waals surface area contributed by atoms with Crippen LogP contribution in [-0.2, 0) is 6.54 Å². The first-order chi connectivity index (χ1) is 15.8. The molecule has 0 fully saturated rings. The summed E-state index contributed by atoms with van der Waals surface area (Å²) in [6, 6.07) is 21.3. The molecule has 0 radical (unpaired) electrons. The molecule has 0 amide bonds. The van der Waals surface area contributed by atoms with Crippen LogP contribution >= 0.6 is 0 Å². The Bertz CT molecular complexity index is 1340. The molecule has 3 N–H and O–H groups in total. The molecule has 2 heterocycles. The highest BCUT2D eigenvalue weighted by molar-refractivity contribution is 5.96. The Balaban J connectivity index is 1.64. The molecule has 0 bridgehead atoms. The van der Waals surface area contributed by atoms with Crippen LogP contribution in [-0.4, -0.2) is 15.1 Å². The molecule has 5 nitrogen and oxygen atoms in total. The van der Waals surface area contributed by atoms with Crippen LogP contribution in [0.1, 0.15) is 11.1 Å². The SMILES string of the molecule is Oc1ccc(-c2cnc3ccc(NCc4ccccc4)c(C4=CC=CC=CN4)c3n2)cc1. The molecule has 1 aliphatic rings. The van der Waals surface area contributed by atoms with E-state index < -0.39 is 0 Å². The van der Waals surface area contributed by atoms with Crippen molar-refractivity contribution in [3.8, 4) is 17.0 Å². The van der Waals surface area contributed by atoms with E-state index in [9.17, 15) is 5.11 Å². The van der Waals surface area contributed by atoms with Gasteiger partial charge in [-0.25, -0.2) is 4.98 Å². The number of benzene rings is 3. The van der Waals surface area contributed by atoms with Gasteiger partial charge in [0.05, 0.1) is 17.4 Å². The van der Waals surface area contributed by atoms with Gasteiger partial charge in [-0.2, -0.15) is 0 Å². The number of anilines is 1. The molecule has 32 heavy (non-hydrogen) atoms. The Morgan fingerprint density at radius 2 is 1.72 bits per heavy atom. The van der Waals surface area contributed by atoms with E-state index in [1.165, 1.54) is 5.56 Å². The van der Waals surface area contributed by atoms with E-state index in [0.717, 1.165) is 39.2 Å². The van der Waals surface area contributed by atoms with Crippen molar-refractivity contribution in [2.24, 2.45) is 0 Å². The summed E-state index contributed by atoms with van der Waals surface area (Å²) in [6.07, 6.45) is 11.7. The van der Waals surface area contributed by atoms with Crippen molar-refractivity contribution < 1.29 is 5.11 Å². The number of phenols is 1. The van der Waals surface area contributed by atoms with Crippen molar-refractivity contribution in [3.05, 3.63) is 115 Å². The van der Waals surface area contributed by atoms with E-state index in [-0.39, 0.29) is 5.75 Å². The normalized spacial score (nSPS) is 12.8. The maximum absolute atomic E-state index is 9.63. The second kappa shape index (κ2) is 8.78. The molecular formula is C27H22N4O. The second-order valence-electron chi connectivity index (χ2n) is 7.47. The zero-order chi connectivity index (χ0) is 21.8. The molecule has 4 aromatic rings. The number of nitrogens with zero attached hydrogens (tertiary/aromatic N) is 2. The number of aromatic nitrogens is 2. The zero-order valence-electron chi connectivity index (χ0n) is 17.4. The standard InChI is InChI=1S/C27H22N4O/c32-21-12-10-20(11-13-21)25-18-30-24-15-14-23(29-17-19-7-3-1-4-8-19)26(27(24)31-25)22-9-5-2-6-16-28-22/h1-16,18,28-29,32H,17H2. The fraction of sp³-hybridized carbons (Fsp3) is 0.0370. The lowest BCUT2D eigenvalue weighted by Gasteiger charge is -2.17. The number of allylic oxidation sites excluding steroid dienone is 4. The zero-order valence-corrected chi connectivity index (χ0v) is 17.4. The highest BCUT2D eigenvalue weighted by Gasteiger charge is 2.15. The Hall–Kier alpha value is -4.38. The maximum atomic E-state index is 9.63. The van der Waals surface area contributed by atoms with Crippen molar-refractivity contribution in [2.75, 3.05) is 5.32 Å². The summed E-state index contributed by atoms with van der Waals surface area (Å²) in [5, 5.41) is 16.6. The van der Waals surface area contributed by atoms with Gasteiger partial charge in [0.1, 0.15) is 11.3 Å². The van der Waals surface area contributed by atoms with Crippen LogP contribution in [0.15, 0.2) is 103 Å². The van der Waals surface area contributed by atoms with Crippen LogP contribution in [0.3, 0.4) is 0 Å². The Labute approximate surface area is 186 Å². The maximum Gasteiger partial charge on any atom is 0.115 e. The van der Waals surface area contributed by atoms with Crippen molar-refractivity contribution >= 4 is 22.4 Å². The number of phenolic OH excluding ortho intramolecular Hbond substituents is 1. The number of nitrogens with one attached hydrogen (secondary N) is 2. The van der Waals surface area contributed by atoms with Crippen LogP contribution in [0.25, 0.3) is 28.0 Å².